The molecule has 1 N–H and O–H groups in total. The minimum Gasteiger partial charge on any atom is -0.443 e. The Labute approximate surface area is 202 Å². The van der Waals surface area contributed by atoms with Gasteiger partial charge in [0.1, 0.15) is 11.2 Å². The highest BCUT2D eigenvalue weighted by molar-refractivity contribution is 6.65. The zero-order chi connectivity index (χ0) is 25.5. The molecule has 0 radical (unpaired) electrons. The van der Waals surface area contributed by atoms with E-state index in [1.54, 1.807) is 25.7 Å². The smallest absolute Gasteiger partial charge is 0.443 e. The second-order valence-corrected chi connectivity index (χ2v) is 10.9. The third kappa shape index (κ3) is 5.36. The molecule has 0 aromatic carbocycles. The molecular formula is C25H37BN4O4. The number of hydrogen-bond acceptors (Lipinski definition) is 7. The van der Waals surface area contributed by atoms with Crippen molar-refractivity contribution in [1.82, 2.24) is 14.9 Å². The molecule has 184 valence electrons. The van der Waals surface area contributed by atoms with E-state index in [-0.39, 0.29) is 6.04 Å². The van der Waals surface area contributed by atoms with Crippen molar-refractivity contribution < 1.29 is 18.8 Å². The number of ether oxygens (including phenoxy) is 1. The highest BCUT2D eigenvalue weighted by atomic mass is 16.7. The number of aromatic nitrogens is 2. The van der Waals surface area contributed by atoms with Gasteiger partial charge in [-0.2, -0.15) is 0 Å². The van der Waals surface area contributed by atoms with Crippen molar-refractivity contribution >= 4 is 41.5 Å². The average Bonchev–Trinajstić information content (AvgIpc) is 3.17. The molecule has 8 nitrogen and oxygen atoms in total. The predicted molar refractivity (Wildman–Crippen MR) is 138 cm³/mol. The van der Waals surface area contributed by atoms with Gasteiger partial charge in [-0.25, -0.2) is 14.3 Å². The van der Waals surface area contributed by atoms with Gasteiger partial charge in [-0.15, -0.1) is 0 Å². The summed E-state index contributed by atoms with van der Waals surface area (Å²) in [7, 11) is 1.07. The van der Waals surface area contributed by atoms with Crippen molar-refractivity contribution in [2.45, 2.75) is 85.2 Å². The lowest BCUT2D eigenvalue weighted by atomic mass is 9.79. The number of nitrogens with zero attached hydrogens (tertiary/aromatic N) is 3. The zero-order valence-corrected chi connectivity index (χ0v) is 22.0. The van der Waals surface area contributed by atoms with Crippen LogP contribution < -0.4 is 10.8 Å². The van der Waals surface area contributed by atoms with Crippen molar-refractivity contribution in [3.8, 4) is 0 Å². The maximum atomic E-state index is 13.0. The van der Waals surface area contributed by atoms with E-state index in [0.29, 0.717) is 5.65 Å². The van der Waals surface area contributed by atoms with Crippen LogP contribution in [0.4, 0.5) is 4.79 Å². The number of pyridine rings is 1. The summed E-state index contributed by atoms with van der Waals surface area (Å²) in [4.78, 5) is 21.9. The normalized spacial score (nSPS) is 18.3. The van der Waals surface area contributed by atoms with Gasteiger partial charge in [0.25, 0.3) is 0 Å². The molecule has 0 amide bonds. The lowest BCUT2D eigenvalue weighted by molar-refractivity contribution is 0.00578. The van der Waals surface area contributed by atoms with E-state index >= 15 is 0 Å². The van der Waals surface area contributed by atoms with Crippen LogP contribution in [0, 0.1) is 0 Å². The number of rotatable bonds is 5. The molecule has 1 aliphatic rings. The Bertz CT molecular complexity index is 1110. The Balaban J connectivity index is 2.18. The second-order valence-electron chi connectivity index (χ2n) is 10.9. The molecule has 0 atom stereocenters. The molecule has 0 saturated carbocycles. The van der Waals surface area contributed by atoms with Gasteiger partial charge in [0, 0.05) is 59.9 Å². The standard InChI is InChI=1S/C25H37BN4O4/c1-16(2)28-14-18(12-27-10)17-11-19-20(26-33-24(6,7)25(8,9)34-26)15-30(21(19)29-13-17)22(31)32-23(3,4)5/h11-16,28H,1-10H3/b18-14+,27-12?. The van der Waals surface area contributed by atoms with Gasteiger partial charge >= 0.3 is 13.2 Å². The van der Waals surface area contributed by atoms with Crippen molar-refractivity contribution in [2.75, 3.05) is 7.05 Å². The van der Waals surface area contributed by atoms with E-state index < -0.39 is 30.0 Å². The maximum Gasteiger partial charge on any atom is 0.497 e. The number of aliphatic imine (C=N–C) groups is 1. The molecule has 3 heterocycles. The third-order valence-corrected chi connectivity index (χ3v) is 5.95. The summed E-state index contributed by atoms with van der Waals surface area (Å²) in [5.41, 5.74) is 1.23. The maximum absolute atomic E-state index is 13.0. The van der Waals surface area contributed by atoms with Crippen LogP contribution >= 0.6 is 0 Å². The highest BCUT2D eigenvalue weighted by Crippen LogP contribution is 2.37. The van der Waals surface area contributed by atoms with Crippen molar-refractivity contribution in [3.05, 3.63) is 30.2 Å². The molecular weight excluding hydrogens is 431 g/mol. The van der Waals surface area contributed by atoms with Crippen LogP contribution in [0.15, 0.2) is 29.7 Å². The molecule has 1 saturated heterocycles. The lowest BCUT2D eigenvalue weighted by Gasteiger charge is -2.32. The Kier molecular flexibility index (Phi) is 7.02. The van der Waals surface area contributed by atoms with Gasteiger partial charge in [-0.05, 0) is 68.4 Å². The average molecular weight is 468 g/mol. The SMILES string of the molecule is CN=C/C(=C\NC(C)C)c1cnc2c(c1)c(B1OC(C)(C)C(C)(C)O1)cn2C(=O)OC(C)(C)C. The van der Waals surface area contributed by atoms with E-state index in [4.69, 9.17) is 14.0 Å². The summed E-state index contributed by atoms with van der Waals surface area (Å²) in [6.45, 7) is 17.6. The number of carbonyl (C=O) groups excluding carboxylic acids is 1. The molecule has 1 fully saturated rings. The van der Waals surface area contributed by atoms with E-state index in [9.17, 15) is 4.79 Å². The first-order chi connectivity index (χ1) is 15.6. The summed E-state index contributed by atoms with van der Waals surface area (Å²) in [5.74, 6) is 0. The van der Waals surface area contributed by atoms with Crippen molar-refractivity contribution in [2.24, 2.45) is 4.99 Å². The Morgan fingerprint density at radius 2 is 1.85 bits per heavy atom. The summed E-state index contributed by atoms with van der Waals surface area (Å²) in [5, 5.41) is 4.06. The number of allylic oxidation sites excluding steroid dienone is 1. The zero-order valence-electron chi connectivity index (χ0n) is 22.0. The first kappa shape index (κ1) is 26.0. The molecule has 9 heteroatoms. The van der Waals surface area contributed by atoms with Crippen LogP contribution in [0.5, 0.6) is 0 Å². The minimum absolute atomic E-state index is 0.269. The van der Waals surface area contributed by atoms with Crippen molar-refractivity contribution in [1.29, 1.82) is 0 Å². The molecule has 34 heavy (non-hydrogen) atoms. The van der Waals surface area contributed by atoms with E-state index in [1.807, 2.05) is 60.7 Å². The van der Waals surface area contributed by atoms with E-state index in [1.165, 1.54) is 4.57 Å². The monoisotopic (exact) mass is 468 g/mol. The number of nitrogens with one attached hydrogen (secondary N) is 1. The van der Waals surface area contributed by atoms with Gasteiger partial charge in [0.15, 0.2) is 0 Å². The van der Waals surface area contributed by atoms with Gasteiger partial charge in [0.2, 0.25) is 0 Å². The van der Waals surface area contributed by atoms with Crippen LogP contribution in [0.2, 0.25) is 0 Å². The van der Waals surface area contributed by atoms with Gasteiger partial charge in [-0.1, -0.05) is 0 Å². The van der Waals surface area contributed by atoms with Gasteiger partial charge in [-0.3, -0.25) is 4.99 Å². The molecule has 1 aliphatic heterocycles. The van der Waals surface area contributed by atoms with Crippen molar-refractivity contribution in [3.63, 3.8) is 0 Å². The number of carbonyl (C=O) groups is 1. The van der Waals surface area contributed by atoms with Crippen LogP contribution in [-0.4, -0.2) is 58.9 Å². The number of hydrogen-bond donors (Lipinski definition) is 1. The fourth-order valence-electron chi connectivity index (χ4n) is 3.49. The van der Waals surface area contributed by atoms with Gasteiger partial charge in [0.05, 0.1) is 11.2 Å². The summed E-state index contributed by atoms with van der Waals surface area (Å²) < 4.78 is 19.7. The van der Waals surface area contributed by atoms with E-state index in [0.717, 1.165) is 22.0 Å². The quantitative estimate of drug-likeness (QED) is 0.524. The lowest BCUT2D eigenvalue weighted by Crippen LogP contribution is -2.41. The van der Waals surface area contributed by atoms with Crippen LogP contribution in [0.25, 0.3) is 16.6 Å². The molecule has 2 aromatic heterocycles. The molecule has 0 aliphatic carbocycles. The Morgan fingerprint density at radius 3 is 2.38 bits per heavy atom. The van der Waals surface area contributed by atoms with Crippen LogP contribution in [0.1, 0.15) is 67.9 Å². The minimum atomic E-state index is -0.658. The van der Waals surface area contributed by atoms with Crippen LogP contribution in [0.3, 0.4) is 0 Å². The second kappa shape index (κ2) is 9.19. The molecule has 0 bridgehead atoms. The molecule has 2 aromatic rings. The highest BCUT2D eigenvalue weighted by Gasteiger charge is 2.52. The summed E-state index contributed by atoms with van der Waals surface area (Å²) >= 11 is 0. The van der Waals surface area contributed by atoms with E-state index in [2.05, 4.69) is 29.1 Å². The first-order valence-electron chi connectivity index (χ1n) is 11.6. The topological polar surface area (TPSA) is 87.0 Å². The van der Waals surface area contributed by atoms with Gasteiger partial charge < -0.3 is 19.4 Å². The molecule has 0 unspecified atom stereocenters. The molecule has 3 rings (SSSR count). The summed E-state index contributed by atoms with van der Waals surface area (Å²) in [6.07, 6.45) is 6.62. The Hall–Kier alpha value is -2.65. The first-order valence-corrected chi connectivity index (χ1v) is 11.6. The fourth-order valence-corrected chi connectivity index (χ4v) is 3.49. The number of fused-ring (bicyclic) bond motifs is 1. The third-order valence-electron chi connectivity index (χ3n) is 5.95. The summed E-state index contributed by atoms with van der Waals surface area (Å²) in [6, 6.07) is 2.25. The molecule has 0 spiro atoms. The van der Waals surface area contributed by atoms with Crippen LogP contribution in [-0.2, 0) is 14.0 Å². The largest absolute Gasteiger partial charge is 0.497 e. The fraction of sp³-hybridized carbons (Fsp3) is 0.560. The predicted octanol–water partition coefficient (Wildman–Crippen LogP) is 4.16. The Morgan fingerprint density at radius 1 is 1.24 bits per heavy atom.